The van der Waals surface area contributed by atoms with E-state index in [2.05, 4.69) is 0 Å². The molecule has 0 fully saturated rings. The van der Waals surface area contributed by atoms with Crippen LogP contribution in [0.25, 0.3) is 0 Å². The first-order valence-electron chi connectivity index (χ1n) is 5.31. The van der Waals surface area contributed by atoms with Gasteiger partial charge in [0, 0.05) is 23.2 Å². The van der Waals surface area contributed by atoms with Gasteiger partial charge in [-0.05, 0) is 32.6 Å². The molecule has 0 aliphatic heterocycles. The van der Waals surface area contributed by atoms with Gasteiger partial charge < -0.3 is 14.7 Å². The quantitative estimate of drug-likeness (QED) is 0.898. The number of hydrogen-bond acceptors (Lipinski definition) is 3. The maximum absolute atomic E-state index is 9.12. The molecule has 1 unspecified atom stereocenters. The Bertz CT molecular complexity index is 383. The molecule has 1 aromatic rings. The number of methoxy groups -OCH3 is 1. The number of benzene rings is 1. The summed E-state index contributed by atoms with van der Waals surface area (Å²) in [6.07, 6.45) is 0.597. The van der Waals surface area contributed by atoms with E-state index in [0.29, 0.717) is 22.2 Å². The fourth-order valence-electron chi connectivity index (χ4n) is 1.86. The van der Waals surface area contributed by atoms with Gasteiger partial charge in [-0.3, -0.25) is 0 Å². The highest BCUT2D eigenvalue weighted by molar-refractivity contribution is 6.35. The summed E-state index contributed by atoms with van der Waals surface area (Å²) in [7, 11) is 5.45. The van der Waals surface area contributed by atoms with Crippen LogP contribution in [0.2, 0.25) is 10.0 Å². The summed E-state index contributed by atoms with van der Waals surface area (Å²) in [5, 5.41) is 10.2. The molecule has 0 amide bonds. The molecule has 1 atom stereocenters. The molecule has 0 heterocycles. The first-order chi connectivity index (χ1) is 8.01. The van der Waals surface area contributed by atoms with E-state index in [4.69, 9.17) is 33.0 Å². The van der Waals surface area contributed by atoms with E-state index in [1.54, 1.807) is 13.2 Å². The normalized spacial score (nSPS) is 12.9. The van der Waals surface area contributed by atoms with Crippen molar-refractivity contribution in [3.05, 3.63) is 27.7 Å². The van der Waals surface area contributed by atoms with Gasteiger partial charge in [-0.25, -0.2) is 0 Å². The van der Waals surface area contributed by atoms with Crippen LogP contribution < -0.4 is 4.74 Å². The predicted molar refractivity (Wildman–Crippen MR) is 71.1 cm³/mol. The molecule has 0 bridgehead atoms. The van der Waals surface area contributed by atoms with Crippen LogP contribution in [0.15, 0.2) is 12.1 Å². The largest absolute Gasteiger partial charge is 0.495 e. The highest BCUT2D eigenvalue weighted by Gasteiger charge is 2.20. The lowest BCUT2D eigenvalue weighted by Gasteiger charge is -2.26. The third kappa shape index (κ3) is 3.49. The standard InChI is InChI=1S/C12H17Cl2NO2/c1-15(2)11(4-5-16)9-6-8(13)7-10(14)12(9)17-3/h6-7,11,16H,4-5H2,1-3H3. The Hall–Kier alpha value is -0.480. The lowest BCUT2D eigenvalue weighted by molar-refractivity contribution is 0.207. The number of halogens is 2. The van der Waals surface area contributed by atoms with Crippen LogP contribution in [-0.2, 0) is 0 Å². The topological polar surface area (TPSA) is 32.7 Å². The number of ether oxygens (including phenoxy) is 1. The summed E-state index contributed by atoms with van der Waals surface area (Å²) in [6, 6.07) is 3.50. The highest BCUT2D eigenvalue weighted by Crippen LogP contribution is 2.38. The van der Waals surface area contributed by atoms with Gasteiger partial charge in [-0.15, -0.1) is 0 Å². The number of hydrogen-bond donors (Lipinski definition) is 1. The first-order valence-corrected chi connectivity index (χ1v) is 6.07. The summed E-state index contributed by atoms with van der Waals surface area (Å²) in [6.45, 7) is 0.0934. The Morgan fingerprint density at radius 1 is 1.35 bits per heavy atom. The zero-order valence-corrected chi connectivity index (χ0v) is 11.7. The number of nitrogens with zero attached hydrogens (tertiary/aromatic N) is 1. The molecule has 0 aromatic heterocycles. The molecule has 0 saturated carbocycles. The van der Waals surface area contributed by atoms with E-state index < -0.39 is 0 Å². The van der Waals surface area contributed by atoms with E-state index in [1.807, 2.05) is 25.1 Å². The van der Waals surface area contributed by atoms with Gasteiger partial charge in [0.1, 0.15) is 5.75 Å². The Morgan fingerprint density at radius 2 is 2.00 bits per heavy atom. The van der Waals surface area contributed by atoms with Crippen LogP contribution >= 0.6 is 23.2 Å². The Kier molecular flexibility index (Phi) is 5.53. The monoisotopic (exact) mass is 277 g/mol. The van der Waals surface area contributed by atoms with Crippen LogP contribution in [0.5, 0.6) is 5.75 Å². The van der Waals surface area contributed by atoms with Crippen LogP contribution in [0, 0.1) is 0 Å². The number of aliphatic hydroxyl groups excluding tert-OH is 1. The summed E-state index contributed by atoms with van der Waals surface area (Å²) in [5.41, 5.74) is 0.893. The fourth-order valence-corrected chi connectivity index (χ4v) is 2.44. The van der Waals surface area contributed by atoms with E-state index in [0.717, 1.165) is 5.56 Å². The number of rotatable bonds is 5. The van der Waals surface area contributed by atoms with Crippen LogP contribution in [0.1, 0.15) is 18.0 Å². The van der Waals surface area contributed by atoms with Crippen molar-refractivity contribution in [2.45, 2.75) is 12.5 Å². The molecule has 1 N–H and O–H groups in total. The molecular weight excluding hydrogens is 261 g/mol. The molecule has 0 spiro atoms. The molecule has 1 aromatic carbocycles. The lowest BCUT2D eigenvalue weighted by Crippen LogP contribution is -2.21. The SMILES string of the molecule is COc1c(Cl)cc(Cl)cc1C(CCO)N(C)C. The third-order valence-corrected chi connectivity index (χ3v) is 3.13. The zero-order chi connectivity index (χ0) is 13.0. The Balaban J connectivity index is 3.25. The average Bonchev–Trinajstić information content (AvgIpc) is 2.24. The Labute approximate surface area is 112 Å². The molecule has 0 aliphatic rings. The van der Waals surface area contributed by atoms with Crippen molar-refractivity contribution in [2.24, 2.45) is 0 Å². The summed E-state index contributed by atoms with van der Waals surface area (Å²) in [4.78, 5) is 2.00. The maximum Gasteiger partial charge on any atom is 0.142 e. The van der Waals surface area contributed by atoms with E-state index in [1.165, 1.54) is 0 Å². The third-order valence-electron chi connectivity index (χ3n) is 2.63. The summed E-state index contributed by atoms with van der Waals surface area (Å²) < 4.78 is 5.31. The zero-order valence-electron chi connectivity index (χ0n) is 10.2. The minimum absolute atomic E-state index is 0.0196. The molecule has 1 rings (SSSR count). The highest BCUT2D eigenvalue weighted by atomic mass is 35.5. The molecule has 96 valence electrons. The van der Waals surface area contributed by atoms with Crippen molar-refractivity contribution >= 4 is 23.2 Å². The Morgan fingerprint density at radius 3 is 2.47 bits per heavy atom. The van der Waals surface area contributed by atoms with Gasteiger partial charge in [-0.2, -0.15) is 0 Å². The van der Waals surface area contributed by atoms with Crippen LogP contribution in [0.3, 0.4) is 0 Å². The minimum Gasteiger partial charge on any atom is -0.495 e. The minimum atomic E-state index is 0.0196. The van der Waals surface area contributed by atoms with Crippen molar-refractivity contribution in [1.29, 1.82) is 0 Å². The first kappa shape index (κ1) is 14.6. The van der Waals surface area contributed by atoms with Gasteiger partial charge in [0.15, 0.2) is 0 Å². The van der Waals surface area contributed by atoms with Gasteiger partial charge in [0.05, 0.1) is 12.1 Å². The molecule has 0 aliphatic carbocycles. The van der Waals surface area contributed by atoms with Gasteiger partial charge >= 0.3 is 0 Å². The summed E-state index contributed by atoms with van der Waals surface area (Å²) in [5.74, 6) is 0.614. The molecule has 0 radical (unpaired) electrons. The fraction of sp³-hybridized carbons (Fsp3) is 0.500. The molecular formula is C12H17Cl2NO2. The van der Waals surface area contributed by atoms with Gasteiger partial charge in [0.25, 0.3) is 0 Å². The van der Waals surface area contributed by atoms with Crippen LogP contribution in [0.4, 0.5) is 0 Å². The second kappa shape index (κ2) is 6.45. The van der Waals surface area contributed by atoms with Gasteiger partial charge in [0.2, 0.25) is 0 Å². The van der Waals surface area contributed by atoms with Gasteiger partial charge in [-0.1, -0.05) is 23.2 Å². The second-order valence-electron chi connectivity index (χ2n) is 4.00. The van der Waals surface area contributed by atoms with E-state index in [-0.39, 0.29) is 12.6 Å². The van der Waals surface area contributed by atoms with Crippen molar-refractivity contribution in [2.75, 3.05) is 27.8 Å². The predicted octanol–water partition coefficient (Wildman–Crippen LogP) is 2.99. The lowest BCUT2D eigenvalue weighted by atomic mass is 10.0. The molecule has 3 nitrogen and oxygen atoms in total. The van der Waals surface area contributed by atoms with Crippen LogP contribution in [-0.4, -0.2) is 37.8 Å². The van der Waals surface area contributed by atoms with E-state index in [9.17, 15) is 0 Å². The van der Waals surface area contributed by atoms with Crippen molar-refractivity contribution in [1.82, 2.24) is 4.90 Å². The van der Waals surface area contributed by atoms with E-state index >= 15 is 0 Å². The van der Waals surface area contributed by atoms with Crippen molar-refractivity contribution in [3.8, 4) is 5.75 Å². The number of aliphatic hydroxyl groups is 1. The summed E-state index contributed by atoms with van der Waals surface area (Å²) >= 11 is 12.1. The smallest absolute Gasteiger partial charge is 0.142 e. The second-order valence-corrected chi connectivity index (χ2v) is 4.85. The molecule has 0 saturated heterocycles. The van der Waals surface area contributed by atoms with Crippen molar-refractivity contribution < 1.29 is 9.84 Å². The molecule has 17 heavy (non-hydrogen) atoms. The average molecular weight is 278 g/mol. The maximum atomic E-state index is 9.12. The van der Waals surface area contributed by atoms with Crippen molar-refractivity contribution in [3.63, 3.8) is 0 Å². The molecule has 5 heteroatoms.